The lowest BCUT2D eigenvalue weighted by Gasteiger charge is -2.12. The molecule has 0 aromatic carbocycles. The maximum atomic E-state index is 11.2. The summed E-state index contributed by atoms with van der Waals surface area (Å²) in [6.07, 6.45) is 1.62. The molecule has 2 heterocycles. The number of hydrogen-bond donors (Lipinski definition) is 2. The number of hydrogen-bond acceptors (Lipinski definition) is 5. The summed E-state index contributed by atoms with van der Waals surface area (Å²) in [6.45, 7) is 1.81. The van der Waals surface area contributed by atoms with Crippen LogP contribution in [-0.2, 0) is 16.9 Å². The first kappa shape index (κ1) is 11.0. The minimum Gasteiger partial charge on any atom is -0.394 e. The van der Waals surface area contributed by atoms with Crippen molar-refractivity contribution in [2.24, 2.45) is 7.05 Å². The van der Waals surface area contributed by atoms with E-state index in [1.54, 1.807) is 17.8 Å². The van der Waals surface area contributed by atoms with Gasteiger partial charge in [0, 0.05) is 12.5 Å². The highest BCUT2D eigenvalue weighted by atomic mass is 32.2. The zero-order valence-corrected chi connectivity index (χ0v) is 9.95. The number of nitrogens with one attached hydrogen (secondary N) is 1. The molecule has 0 amide bonds. The van der Waals surface area contributed by atoms with Crippen LogP contribution in [0.3, 0.4) is 0 Å². The van der Waals surface area contributed by atoms with Crippen molar-refractivity contribution in [1.82, 2.24) is 9.78 Å². The maximum absolute atomic E-state index is 11.2. The number of sulfone groups is 1. The van der Waals surface area contributed by atoms with Gasteiger partial charge in [0.2, 0.25) is 0 Å². The molecule has 3 N–H and O–H groups in total. The van der Waals surface area contributed by atoms with Crippen LogP contribution in [0, 0.1) is 6.92 Å². The first-order chi connectivity index (χ1) is 7.39. The van der Waals surface area contributed by atoms with Crippen molar-refractivity contribution in [3.63, 3.8) is 0 Å². The number of aryl methyl sites for hydroxylation is 2. The molecule has 1 aromatic rings. The van der Waals surface area contributed by atoms with Gasteiger partial charge in [-0.05, 0) is 13.0 Å². The minimum atomic E-state index is -3.05. The van der Waals surface area contributed by atoms with E-state index < -0.39 is 9.84 Å². The largest absolute Gasteiger partial charge is 0.394 e. The number of rotatable bonds is 2. The quantitative estimate of drug-likeness (QED) is 0.764. The summed E-state index contributed by atoms with van der Waals surface area (Å²) >= 11 is 0. The Hall–Kier alpha value is -1.50. The van der Waals surface area contributed by atoms with E-state index in [4.69, 9.17) is 5.73 Å². The second-order valence-electron chi connectivity index (χ2n) is 3.88. The summed E-state index contributed by atoms with van der Waals surface area (Å²) in [5.41, 5.74) is 7.12. The Balaban J connectivity index is 2.20. The van der Waals surface area contributed by atoms with Crippen LogP contribution in [0.25, 0.3) is 0 Å². The lowest BCUT2D eigenvalue weighted by Crippen LogP contribution is -2.23. The van der Waals surface area contributed by atoms with Gasteiger partial charge in [0.15, 0.2) is 9.84 Å². The highest BCUT2D eigenvalue weighted by Crippen LogP contribution is 2.23. The molecule has 16 heavy (non-hydrogen) atoms. The predicted octanol–water partition coefficient (Wildman–Crippen LogP) is 0.0333. The Morgan fingerprint density at radius 3 is 2.75 bits per heavy atom. The van der Waals surface area contributed by atoms with Crippen LogP contribution < -0.4 is 11.1 Å². The third-order valence-corrected chi connectivity index (χ3v) is 3.92. The maximum Gasteiger partial charge on any atom is 0.173 e. The average Bonchev–Trinajstić information content (AvgIpc) is 2.62. The smallest absolute Gasteiger partial charge is 0.173 e. The van der Waals surface area contributed by atoms with Gasteiger partial charge in [0.1, 0.15) is 5.82 Å². The highest BCUT2D eigenvalue weighted by molar-refractivity contribution is 7.94. The van der Waals surface area contributed by atoms with E-state index >= 15 is 0 Å². The summed E-state index contributed by atoms with van der Waals surface area (Å²) in [4.78, 5) is 0. The lowest BCUT2D eigenvalue weighted by molar-refractivity contribution is 0.605. The molecular formula is C9H14N4O2S. The molecule has 0 radical (unpaired) electrons. The lowest BCUT2D eigenvalue weighted by atomic mass is 10.3. The summed E-state index contributed by atoms with van der Waals surface area (Å²) in [6, 6.07) is -0.234. The standard InChI is InChI=1S/C9H14N4O2S/c1-6-8(10)9(13(2)12-6)11-7-3-4-16(14,15)5-7/h3-4,7,11H,5,10H2,1-2H3. The average molecular weight is 242 g/mol. The molecule has 1 aliphatic heterocycles. The van der Waals surface area contributed by atoms with E-state index in [2.05, 4.69) is 10.4 Å². The zero-order chi connectivity index (χ0) is 11.9. The molecule has 1 aromatic heterocycles. The first-order valence-electron chi connectivity index (χ1n) is 4.85. The highest BCUT2D eigenvalue weighted by Gasteiger charge is 2.23. The number of nitrogens with zero attached hydrogens (tertiary/aromatic N) is 2. The van der Waals surface area contributed by atoms with E-state index in [1.165, 1.54) is 5.41 Å². The molecule has 0 fully saturated rings. The van der Waals surface area contributed by atoms with Gasteiger partial charge in [0.25, 0.3) is 0 Å². The number of anilines is 2. The normalized spacial score (nSPS) is 22.5. The van der Waals surface area contributed by atoms with E-state index in [9.17, 15) is 8.42 Å². The van der Waals surface area contributed by atoms with Crippen molar-refractivity contribution < 1.29 is 8.42 Å². The fourth-order valence-corrected chi connectivity index (χ4v) is 2.92. The molecule has 0 saturated carbocycles. The predicted molar refractivity (Wildman–Crippen MR) is 62.7 cm³/mol. The molecule has 2 rings (SSSR count). The number of aromatic nitrogens is 2. The minimum absolute atomic E-state index is 0.0661. The third kappa shape index (κ3) is 1.90. The van der Waals surface area contributed by atoms with Crippen molar-refractivity contribution in [3.05, 3.63) is 17.2 Å². The molecule has 0 spiro atoms. The molecule has 7 heteroatoms. The fraction of sp³-hybridized carbons (Fsp3) is 0.444. The number of nitrogen functional groups attached to an aromatic ring is 1. The van der Waals surface area contributed by atoms with Gasteiger partial charge < -0.3 is 11.1 Å². The molecule has 0 bridgehead atoms. The van der Waals surface area contributed by atoms with E-state index in [0.29, 0.717) is 11.5 Å². The summed E-state index contributed by atoms with van der Waals surface area (Å²) in [7, 11) is -1.29. The third-order valence-electron chi connectivity index (χ3n) is 2.52. The van der Waals surface area contributed by atoms with Crippen molar-refractivity contribution in [2.75, 3.05) is 16.8 Å². The molecule has 1 atom stereocenters. The summed E-state index contributed by atoms with van der Waals surface area (Å²) in [5.74, 6) is 0.723. The van der Waals surface area contributed by atoms with Crippen molar-refractivity contribution in [2.45, 2.75) is 13.0 Å². The molecule has 0 saturated heterocycles. The second-order valence-corrected chi connectivity index (χ2v) is 5.81. The van der Waals surface area contributed by atoms with Gasteiger partial charge in [-0.3, -0.25) is 4.68 Å². The SMILES string of the molecule is Cc1nn(C)c(NC2C=CS(=O)(=O)C2)c1N. The van der Waals surface area contributed by atoms with Gasteiger partial charge in [-0.15, -0.1) is 0 Å². The van der Waals surface area contributed by atoms with Gasteiger partial charge in [-0.2, -0.15) is 5.10 Å². The van der Waals surface area contributed by atoms with E-state index in [-0.39, 0.29) is 11.8 Å². The molecule has 88 valence electrons. The van der Waals surface area contributed by atoms with Crippen molar-refractivity contribution in [3.8, 4) is 0 Å². The summed E-state index contributed by atoms with van der Waals surface area (Å²) in [5, 5.41) is 8.43. The van der Waals surface area contributed by atoms with Crippen LogP contribution in [-0.4, -0.2) is 30.0 Å². The van der Waals surface area contributed by atoms with Crippen LogP contribution in [0.15, 0.2) is 11.5 Å². The van der Waals surface area contributed by atoms with Gasteiger partial charge >= 0.3 is 0 Å². The monoisotopic (exact) mass is 242 g/mol. The van der Waals surface area contributed by atoms with Gasteiger partial charge in [-0.25, -0.2) is 8.42 Å². The Kier molecular flexibility index (Phi) is 2.42. The Morgan fingerprint density at radius 1 is 1.62 bits per heavy atom. The number of nitrogens with two attached hydrogens (primary N) is 1. The van der Waals surface area contributed by atoms with E-state index in [0.717, 1.165) is 5.69 Å². The fourth-order valence-electron chi connectivity index (χ4n) is 1.69. The van der Waals surface area contributed by atoms with Crippen molar-refractivity contribution in [1.29, 1.82) is 0 Å². The van der Waals surface area contributed by atoms with Crippen LogP contribution in [0.1, 0.15) is 5.69 Å². The van der Waals surface area contributed by atoms with Crippen LogP contribution in [0.4, 0.5) is 11.5 Å². The van der Waals surface area contributed by atoms with E-state index in [1.807, 2.05) is 6.92 Å². The molecule has 1 unspecified atom stereocenters. The zero-order valence-electron chi connectivity index (χ0n) is 9.14. The molecule has 0 aliphatic carbocycles. The Bertz CT molecular complexity index is 544. The van der Waals surface area contributed by atoms with Gasteiger partial charge in [-0.1, -0.05) is 0 Å². The molecule has 1 aliphatic rings. The first-order valence-corrected chi connectivity index (χ1v) is 6.57. The van der Waals surface area contributed by atoms with Crippen molar-refractivity contribution >= 4 is 21.3 Å². The molecular weight excluding hydrogens is 228 g/mol. The Labute approximate surface area is 94.0 Å². The van der Waals surface area contributed by atoms with Crippen LogP contribution in [0.5, 0.6) is 0 Å². The summed E-state index contributed by atoms with van der Waals surface area (Å²) < 4.78 is 24.1. The van der Waals surface area contributed by atoms with Gasteiger partial charge in [0.05, 0.1) is 23.2 Å². The molecule has 6 nitrogen and oxygen atoms in total. The van der Waals surface area contributed by atoms with Crippen LogP contribution in [0.2, 0.25) is 0 Å². The second kappa shape index (κ2) is 3.51. The van der Waals surface area contributed by atoms with Crippen LogP contribution >= 0.6 is 0 Å². The topological polar surface area (TPSA) is 90.0 Å². The Morgan fingerprint density at radius 2 is 2.31 bits per heavy atom.